The second kappa shape index (κ2) is 8.36. The van der Waals surface area contributed by atoms with Crippen LogP contribution in [-0.4, -0.2) is 18.2 Å². The van der Waals surface area contributed by atoms with E-state index in [1.807, 2.05) is 36.4 Å². The van der Waals surface area contributed by atoms with Gasteiger partial charge < -0.3 is 14.6 Å². The molecule has 0 radical (unpaired) electrons. The number of carbonyl (C=O) groups is 1. The van der Waals surface area contributed by atoms with E-state index in [9.17, 15) is 4.79 Å². The number of carboxylic acid groups (broad SMARTS) is 1. The number of hydrogen-bond acceptors (Lipinski definition) is 3. The highest BCUT2D eigenvalue weighted by Gasteiger charge is 2.13. The molecule has 4 nitrogen and oxygen atoms in total. The van der Waals surface area contributed by atoms with Gasteiger partial charge in [0.1, 0.15) is 6.61 Å². The van der Waals surface area contributed by atoms with E-state index in [4.69, 9.17) is 14.6 Å². The van der Waals surface area contributed by atoms with Gasteiger partial charge in [0.15, 0.2) is 11.5 Å². The first-order valence-electron chi connectivity index (χ1n) is 6.95. The first kappa shape index (κ1) is 17.8. The number of carboxylic acids is 1. The zero-order chi connectivity index (χ0) is 16.8. The van der Waals surface area contributed by atoms with Crippen LogP contribution < -0.4 is 9.47 Å². The quantitative estimate of drug-likeness (QED) is 0.666. The number of halogens is 2. The Balaban J connectivity index is 2.16. The van der Waals surface area contributed by atoms with Gasteiger partial charge in [-0.2, -0.15) is 0 Å². The zero-order valence-corrected chi connectivity index (χ0v) is 15.7. The third kappa shape index (κ3) is 5.25. The Labute approximate surface area is 151 Å². The van der Waals surface area contributed by atoms with E-state index < -0.39 is 5.97 Å². The van der Waals surface area contributed by atoms with Gasteiger partial charge in [-0.3, -0.25) is 4.79 Å². The maximum atomic E-state index is 10.7. The van der Waals surface area contributed by atoms with Gasteiger partial charge in [-0.05, 0) is 57.7 Å². The molecular formula is C17H16Br2O4. The summed E-state index contributed by atoms with van der Waals surface area (Å²) in [6.45, 7) is 0.406. The van der Waals surface area contributed by atoms with Gasteiger partial charge in [-0.25, -0.2) is 0 Å². The molecule has 0 saturated carbocycles. The van der Waals surface area contributed by atoms with Crippen LogP contribution in [0.3, 0.4) is 0 Å². The maximum absolute atomic E-state index is 10.7. The molecule has 6 heteroatoms. The minimum absolute atomic E-state index is 0.0772. The minimum Gasteiger partial charge on any atom is -0.493 e. The predicted octanol–water partition coefficient (Wildman–Crippen LogP) is 4.82. The first-order valence-corrected chi connectivity index (χ1v) is 8.53. The van der Waals surface area contributed by atoms with E-state index in [-0.39, 0.29) is 6.42 Å². The standard InChI is InChI=1S/C17H16Br2O4/c1-22-15-9-11(5-6-16(20)21)8-14(19)17(15)23-10-12-3-2-4-13(18)7-12/h2-4,7-9H,5-6,10H2,1H3,(H,20,21). The van der Waals surface area contributed by atoms with Crippen molar-refractivity contribution >= 4 is 37.8 Å². The molecule has 2 rings (SSSR count). The lowest BCUT2D eigenvalue weighted by Crippen LogP contribution is -2.01. The summed E-state index contributed by atoms with van der Waals surface area (Å²) in [5.41, 5.74) is 1.91. The van der Waals surface area contributed by atoms with Crippen LogP contribution >= 0.6 is 31.9 Å². The van der Waals surface area contributed by atoms with Crippen molar-refractivity contribution < 1.29 is 19.4 Å². The summed E-state index contributed by atoms with van der Waals surface area (Å²) in [5.74, 6) is 0.358. The van der Waals surface area contributed by atoms with Crippen molar-refractivity contribution in [3.8, 4) is 11.5 Å². The highest BCUT2D eigenvalue weighted by atomic mass is 79.9. The summed E-state index contributed by atoms with van der Waals surface area (Å²) in [5, 5.41) is 8.79. The zero-order valence-electron chi connectivity index (χ0n) is 12.5. The van der Waals surface area contributed by atoms with Gasteiger partial charge in [-0.1, -0.05) is 28.1 Å². The maximum Gasteiger partial charge on any atom is 0.303 e. The third-order valence-electron chi connectivity index (χ3n) is 3.19. The van der Waals surface area contributed by atoms with Crippen molar-refractivity contribution in [3.05, 3.63) is 56.5 Å². The molecule has 2 aromatic carbocycles. The van der Waals surface area contributed by atoms with Crippen LogP contribution in [0.1, 0.15) is 17.5 Å². The largest absolute Gasteiger partial charge is 0.493 e. The molecule has 0 aliphatic rings. The molecule has 0 bridgehead atoms. The van der Waals surface area contributed by atoms with Crippen molar-refractivity contribution in [3.63, 3.8) is 0 Å². The fraction of sp³-hybridized carbons (Fsp3) is 0.235. The van der Waals surface area contributed by atoms with Crippen LogP contribution in [0.15, 0.2) is 45.3 Å². The molecule has 0 aliphatic heterocycles. The monoisotopic (exact) mass is 442 g/mol. The van der Waals surface area contributed by atoms with Crippen LogP contribution in [0.4, 0.5) is 0 Å². The van der Waals surface area contributed by atoms with Crippen molar-refractivity contribution in [1.82, 2.24) is 0 Å². The summed E-state index contributed by atoms with van der Waals surface area (Å²) < 4.78 is 13.0. The van der Waals surface area contributed by atoms with E-state index >= 15 is 0 Å². The van der Waals surface area contributed by atoms with E-state index in [1.54, 1.807) is 7.11 Å². The lowest BCUT2D eigenvalue weighted by molar-refractivity contribution is -0.136. The van der Waals surface area contributed by atoms with Gasteiger partial charge in [0.25, 0.3) is 0 Å². The smallest absolute Gasteiger partial charge is 0.303 e. The van der Waals surface area contributed by atoms with Crippen LogP contribution in [0.25, 0.3) is 0 Å². The summed E-state index contributed by atoms with van der Waals surface area (Å²) in [6.07, 6.45) is 0.518. The molecule has 1 N–H and O–H groups in total. The molecule has 122 valence electrons. The Morgan fingerprint density at radius 1 is 1.17 bits per heavy atom. The Morgan fingerprint density at radius 2 is 1.96 bits per heavy atom. The number of aryl methyl sites for hydroxylation is 1. The molecule has 0 fully saturated rings. The molecule has 0 aliphatic carbocycles. The summed E-state index contributed by atoms with van der Waals surface area (Å²) in [7, 11) is 1.56. The summed E-state index contributed by atoms with van der Waals surface area (Å²) >= 11 is 6.90. The Hall–Kier alpha value is -1.53. The number of rotatable bonds is 7. The molecule has 23 heavy (non-hydrogen) atoms. The van der Waals surface area contributed by atoms with Gasteiger partial charge in [0.05, 0.1) is 11.6 Å². The molecule has 0 amide bonds. The average Bonchev–Trinajstić information content (AvgIpc) is 2.51. The van der Waals surface area contributed by atoms with Crippen LogP contribution in [0, 0.1) is 0 Å². The Bertz CT molecular complexity index is 701. The molecule has 0 aromatic heterocycles. The number of benzene rings is 2. The molecule has 0 heterocycles. The highest BCUT2D eigenvalue weighted by Crippen LogP contribution is 2.37. The van der Waals surface area contributed by atoms with Crippen LogP contribution in [-0.2, 0) is 17.8 Å². The van der Waals surface area contributed by atoms with E-state index in [2.05, 4.69) is 31.9 Å². The number of ether oxygens (including phenoxy) is 2. The van der Waals surface area contributed by atoms with Crippen molar-refractivity contribution in [2.24, 2.45) is 0 Å². The highest BCUT2D eigenvalue weighted by molar-refractivity contribution is 9.10. The molecular weight excluding hydrogens is 428 g/mol. The lowest BCUT2D eigenvalue weighted by atomic mass is 10.1. The van der Waals surface area contributed by atoms with Gasteiger partial charge >= 0.3 is 5.97 Å². The number of hydrogen-bond donors (Lipinski definition) is 1. The van der Waals surface area contributed by atoms with Gasteiger partial charge in [0, 0.05) is 10.9 Å². The Kier molecular flexibility index (Phi) is 6.47. The van der Waals surface area contributed by atoms with Gasteiger partial charge in [-0.15, -0.1) is 0 Å². The topological polar surface area (TPSA) is 55.8 Å². The average molecular weight is 444 g/mol. The summed E-state index contributed by atoms with van der Waals surface area (Å²) in [6, 6.07) is 11.5. The first-order chi connectivity index (χ1) is 11.0. The van der Waals surface area contributed by atoms with Crippen LogP contribution in [0.2, 0.25) is 0 Å². The third-order valence-corrected chi connectivity index (χ3v) is 4.27. The fourth-order valence-electron chi connectivity index (χ4n) is 2.09. The predicted molar refractivity (Wildman–Crippen MR) is 95.1 cm³/mol. The molecule has 0 spiro atoms. The minimum atomic E-state index is -0.824. The molecule has 0 saturated heterocycles. The molecule has 0 atom stereocenters. The van der Waals surface area contributed by atoms with E-state index in [0.717, 1.165) is 20.1 Å². The Morgan fingerprint density at radius 3 is 2.61 bits per heavy atom. The van der Waals surface area contributed by atoms with Crippen molar-refractivity contribution in [2.45, 2.75) is 19.4 Å². The van der Waals surface area contributed by atoms with Gasteiger partial charge in [0.2, 0.25) is 0 Å². The SMILES string of the molecule is COc1cc(CCC(=O)O)cc(Br)c1OCc1cccc(Br)c1. The second-order valence-electron chi connectivity index (χ2n) is 4.92. The van der Waals surface area contributed by atoms with Crippen molar-refractivity contribution in [1.29, 1.82) is 0 Å². The van der Waals surface area contributed by atoms with E-state index in [0.29, 0.717) is 24.5 Å². The fourth-order valence-corrected chi connectivity index (χ4v) is 3.14. The molecule has 0 unspecified atom stereocenters. The second-order valence-corrected chi connectivity index (χ2v) is 6.69. The number of aliphatic carboxylic acids is 1. The normalized spacial score (nSPS) is 10.4. The van der Waals surface area contributed by atoms with E-state index in [1.165, 1.54) is 0 Å². The molecule has 2 aromatic rings. The lowest BCUT2D eigenvalue weighted by Gasteiger charge is -2.14. The summed E-state index contributed by atoms with van der Waals surface area (Å²) in [4.78, 5) is 10.7. The number of methoxy groups -OCH3 is 1. The van der Waals surface area contributed by atoms with Crippen LogP contribution in [0.5, 0.6) is 11.5 Å². The van der Waals surface area contributed by atoms with Crippen molar-refractivity contribution in [2.75, 3.05) is 7.11 Å².